The van der Waals surface area contributed by atoms with Crippen LogP contribution < -0.4 is 0 Å². The summed E-state index contributed by atoms with van der Waals surface area (Å²) in [5, 5.41) is 0. The van der Waals surface area contributed by atoms with Gasteiger partial charge >= 0.3 is 11.9 Å². The summed E-state index contributed by atoms with van der Waals surface area (Å²) in [5.41, 5.74) is 0. The molecule has 0 aliphatic heterocycles. The molecule has 0 aromatic rings. The molecule has 3 heteroatoms. The second-order valence-corrected chi connectivity index (χ2v) is 10.5. The Morgan fingerprint density at radius 3 is 1.06 bits per heavy atom. The summed E-state index contributed by atoms with van der Waals surface area (Å²) in [6, 6.07) is 0. The lowest BCUT2D eigenvalue weighted by atomic mass is 10.1. The van der Waals surface area contributed by atoms with Crippen molar-refractivity contribution in [3.63, 3.8) is 0 Å². The Morgan fingerprint density at radius 1 is 0.429 bits per heavy atom. The van der Waals surface area contributed by atoms with Crippen molar-refractivity contribution in [3.8, 4) is 0 Å². The third kappa shape index (κ3) is 29.0. The highest BCUT2D eigenvalue weighted by Crippen LogP contribution is 2.13. The summed E-state index contributed by atoms with van der Waals surface area (Å²) in [4.78, 5) is 23.5. The van der Waals surface area contributed by atoms with Crippen LogP contribution >= 0.6 is 0 Å². The van der Waals surface area contributed by atoms with Crippen molar-refractivity contribution in [2.75, 3.05) is 0 Å². The van der Waals surface area contributed by atoms with Crippen molar-refractivity contribution in [1.82, 2.24) is 0 Å². The number of carbonyl (C=O) groups excluding carboxylic acids is 2. The van der Waals surface area contributed by atoms with E-state index in [0.29, 0.717) is 12.8 Å². The highest BCUT2D eigenvalue weighted by molar-refractivity contribution is 5.85. The Morgan fingerprint density at radius 2 is 0.714 bits per heavy atom. The topological polar surface area (TPSA) is 43.4 Å². The Balaban J connectivity index is 3.29. The van der Waals surface area contributed by atoms with Crippen LogP contribution in [-0.2, 0) is 14.3 Å². The standard InChI is InChI=1S/C32H60O3/c1-3-5-7-9-11-12-13-14-15-16-17-18-19-20-21-22-24-26-28-30-32(34)35-31(33)29-27-25-23-10-8-6-4-2/h14-15H,3-13,16-30H2,1-2H3. The largest absolute Gasteiger partial charge is 0.393 e. The molecule has 0 aromatic heterocycles. The fourth-order valence-electron chi connectivity index (χ4n) is 4.50. The molecule has 3 nitrogen and oxygen atoms in total. The van der Waals surface area contributed by atoms with E-state index >= 15 is 0 Å². The average molecular weight is 493 g/mol. The summed E-state index contributed by atoms with van der Waals surface area (Å²) >= 11 is 0. The van der Waals surface area contributed by atoms with E-state index in [0.717, 1.165) is 25.7 Å². The molecule has 0 aromatic carbocycles. The van der Waals surface area contributed by atoms with Crippen molar-refractivity contribution in [1.29, 1.82) is 0 Å². The van der Waals surface area contributed by atoms with Crippen LogP contribution in [0.15, 0.2) is 12.2 Å². The molecule has 0 aliphatic rings. The van der Waals surface area contributed by atoms with Gasteiger partial charge in [0.25, 0.3) is 0 Å². The van der Waals surface area contributed by atoms with Crippen LogP contribution in [0.3, 0.4) is 0 Å². The first-order valence-electron chi connectivity index (χ1n) is 15.6. The predicted molar refractivity (Wildman–Crippen MR) is 152 cm³/mol. The lowest BCUT2D eigenvalue weighted by molar-refractivity contribution is -0.159. The van der Waals surface area contributed by atoms with E-state index in [2.05, 4.69) is 26.0 Å². The van der Waals surface area contributed by atoms with Gasteiger partial charge in [0.2, 0.25) is 0 Å². The second kappa shape index (κ2) is 29.1. The maximum atomic E-state index is 11.8. The minimum Gasteiger partial charge on any atom is -0.393 e. The van der Waals surface area contributed by atoms with Crippen molar-refractivity contribution in [3.05, 3.63) is 12.2 Å². The minimum atomic E-state index is -0.336. The first-order chi connectivity index (χ1) is 17.2. The minimum absolute atomic E-state index is 0.334. The van der Waals surface area contributed by atoms with E-state index in [9.17, 15) is 9.59 Å². The molecule has 0 fully saturated rings. The van der Waals surface area contributed by atoms with Gasteiger partial charge in [-0.2, -0.15) is 0 Å². The predicted octanol–water partition coefficient (Wildman–Crippen LogP) is 10.8. The zero-order valence-corrected chi connectivity index (χ0v) is 23.8. The van der Waals surface area contributed by atoms with Gasteiger partial charge in [-0.05, 0) is 38.5 Å². The highest BCUT2D eigenvalue weighted by Gasteiger charge is 2.09. The maximum absolute atomic E-state index is 11.8. The highest BCUT2D eigenvalue weighted by atomic mass is 16.6. The first kappa shape index (κ1) is 33.9. The molecule has 0 bridgehead atoms. The van der Waals surface area contributed by atoms with Gasteiger partial charge in [0.05, 0.1) is 0 Å². The van der Waals surface area contributed by atoms with Crippen LogP contribution in [0.1, 0.15) is 181 Å². The van der Waals surface area contributed by atoms with E-state index in [4.69, 9.17) is 4.74 Å². The number of unbranched alkanes of at least 4 members (excludes halogenated alkanes) is 21. The lowest BCUT2D eigenvalue weighted by Gasteiger charge is -2.04. The molecule has 0 N–H and O–H groups in total. The van der Waals surface area contributed by atoms with Crippen LogP contribution in [0, 0.1) is 0 Å². The number of rotatable bonds is 27. The maximum Gasteiger partial charge on any atom is 0.313 e. The molecular weight excluding hydrogens is 432 g/mol. The molecule has 0 unspecified atom stereocenters. The molecule has 0 atom stereocenters. The Bertz CT molecular complexity index is 483. The van der Waals surface area contributed by atoms with Gasteiger partial charge in [0.15, 0.2) is 0 Å². The SMILES string of the molecule is CCCCCCCCC=CCCCCCCCCCCCC(=O)OC(=O)CCCCCCCCC. The molecule has 0 spiro atoms. The molecule has 0 radical (unpaired) electrons. The van der Waals surface area contributed by atoms with Crippen molar-refractivity contribution in [2.45, 2.75) is 181 Å². The van der Waals surface area contributed by atoms with Gasteiger partial charge < -0.3 is 4.74 Å². The summed E-state index contributed by atoms with van der Waals surface area (Å²) in [5.74, 6) is -0.671. The van der Waals surface area contributed by atoms with Crippen LogP contribution in [0.2, 0.25) is 0 Å². The van der Waals surface area contributed by atoms with Crippen LogP contribution in [-0.4, -0.2) is 11.9 Å². The fourth-order valence-corrected chi connectivity index (χ4v) is 4.50. The van der Waals surface area contributed by atoms with Crippen LogP contribution in [0.25, 0.3) is 0 Å². The Hall–Kier alpha value is -1.12. The van der Waals surface area contributed by atoms with E-state index in [1.54, 1.807) is 0 Å². The van der Waals surface area contributed by atoms with E-state index in [1.165, 1.54) is 128 Å². The number of hydrogen-bond acceptors (Lipinski definition) is 3. The zero-order chi connectivity index (χ0) is 25.7. The molecular formula is C32H60O3. The fraction of sp³-hybridized carbons (Fsp3) is 0.875. The van der Waals surface area contributed by atoms with Gasteiger partial charge in [0.1, 0.15) is 0 Å². The number of esters is 2. The Kier molecular flexibility index (Phi) is 28.2. The molecule has 0 aliphatic carbocycles. The molecule has 35 heavy (non-hydrogen) atoms. The second-order valence-electron chi connectivity index (χ2n) is 10.5. The van der Waals surface area contributed by atoms with E-state index in [-0.39, 0.29) is 11.9 Å². The molecule has 206 valence electrons. The third-order valence-electron chi connectivity index (χ3n) is 6.85. The van der Waals surface area contributed by atoms with Crippen molar-refractivity contribution < 1.29 is 14.3 Å². The molecule has 0 saturated heterocycles. The smallest absolute Gasteiger partial charge is 0.313 e. The van der Waals surface area contributed by atoms with Gasteiger partial charge in [-0.1, -0.05) is 142 Å². The van der Waals surface area contributed by atoms with Crippen molar-refractivity contribution >= 4 is 11.9 Å². The van der Waals surface area contributed by atoms with Gasteiger partial charge in [0, 0.05) is 12.8 Å². The first-order valence-corrected chi connectivity index (χ1v) is 15.6. The molecule has 0 saturated carbocycles. The molecule has 0 amide bonds. The third-order valence-corrected chi connectivity index (χ3v) is 6.85. The van der Waals surface area contributed by atoms with Gasteiger partial charge in [-0.25, -0.2) is 0 Å². The quantitative estimate of drug-likeness (QED) is 0.0495. The number of ether oxygens (including phenoxy) is 1. The summed E-state index contributed by atoms with van der Waals surface area (Å²) in [7, 11) is 0. The Labute approximate surface area is 219 Å². The van der Waals surface area contributed by atoms with Crippen LogP contribution in [0.4, 0.5) is 0 Å². The monoisotopic (exact) mass is 492 g/mol. The van der Waals surface area contributed by atoms with Crippen LogP contribution in [0.5, 0.6) is 0 Å². The van der Waals surface area contributed by atoms with Gasteiger partial charge in [-0.15, -0.1) is 0 Å². The lowest BCUT2D eigenvalue weighted by Crippen LogP contribution is -2.11. The van der Waals surface area contributed by atoms with Crippen molar-refractivity contribution in [2.24, 2.45) is 0 Å². The summed E-state index contributed by atoms with van der Waals surface area (Å²) in [6.07, 6.45) is 35.5. The van der Waals surface area contributed by atoms with Gasteiger partial charge in [-0.3, -0.25) is 9.59 Å². The number of hydrogen-bond donors (Lipinski definition) is 0. The van der Waals surface area contributed by atoms with E-state index in [1.807, 2.05) is 0 Å². The average Bonchev–Trinajstić information content (AvgIpc) is 2.85. The molecule has 0 heterocycles. The van der Waals surface area contributed by atoms with E-state index < -0.39 is 0 Å². The summed E-state index contributed by atoms with van der Waals surface area (Å²) < 4.78 is 4.95. The number of carbonyl (C=O) groups is 2. The molecule has 0 rings (SSSR count). The number of allylic oxidation sites excluding steroid dienone is 2. The zero-order valence-electron chi connectivity index (χ0n) is 23.8. The normalized spacial score (nSPS) is 11.4. The summed E-state index contributed by atoms with van der Waals surface area (Å²) in [6.45, 7) is 4.49.